The Hall–Kier alpha value is -0.120. The molecule has 0 aromatic heterocycles. The van der Waals surface area contributed by atoms with Crippen molar-refractivity contribution in [3.8, 4) is 0 Å². The molecule has 1 aliphatic carbocycles. The average molecular weight is 254 g/mol. The number of hydrogen-bond acceptors (Lipinski definition) is 3. The maximum absolute atomic E-state index is 5.45. The summed E-state index contributed by atoms with van der Waals surface area (Å²) in [7, 11) is 2.33. The second kappa shape index (κ2) is 7.46. The fraction of sp³-hybridized carbons (Fsp3) is 1.00. The molecule has 2 unspecified atom stereocenters. The fourth-order valence-electron chi connectivity index (χ4n) is 3.51. The lowest BCUT2D eigenvalue weighted by molar-refractivity contribution is 0.0488. The van der Waals surface area contributed by atoms with Crippen molar-refractivity contribution in [2.45, 2.75) is 57.5 Å². The zero-order valence-electron chi connectivity index (χ0n) is 12.2. The number of ether oxygens (including phenoxy) is 1. The van der Waals surface area contributed by atoms with Crippen LogP contribution in [0, 0.1) is 5.92 Å². The Balaban J connectivity index is 1.77. The molecule has 2 atom stereocenters. The minimum Gasteiger partial charge on any atom is -0.381 e. The lowest BCUT2D eigenvalue weighted by Crippen LogP contribution is -2.47. The standard InChI is InChI=1S/C15H30N2O/c1-3-9-16-14-5-4-6-15(14)17(2)12-13-7-10-18-11-8-13/h13-16H,3-12H2,1-2H3. The van der Waals surface area contributed by atoms with Gasteiger partial charge in [-0.2, -0.15) is 0 Å². The zero-order valence-corrected chi connectivity index (χ0v) is 12.2. The maximum Gasteiger partial charge on any atom is 0.0469 e. The van der Waals surface area contributed by atoms with Crippen LogP contribution in [0.15, 0.2) is 0 Å². The van der Waals surface area contributed by atoms with E-state index in [4.69, 9.17) is 4.74 Å². The van der Waals surface area contributed by atoms with E-state index < -0.39 is 0 Å². The van der Waals surface area contributed by atoms with Crippen molar-refractivity contribution in [3.63, 3.8) is 0 Å². The highest BCUT2D eigenvalue weighted by atomic mass is 16.5. The zero-order chi connectivity index (χ0) is 12.8. The molecule has 0 radical (unpaired) electrons. The quantitative estimate of drug-likeness (QED) is 0.787. The van der Waals surface area contributed by atoms with Crippen LogP contribution in [-0.4, -0.2) is 50.3 Å². The molecule has 0 amide bonds. The van der Waals surface area contributed by atoms with Crippen molar-refractivity contribution in [2.75, 3.05) is 33.4 Å². The first-order valence-electron chi connectivity index (χ1n) is 7.82. The molecule has 0 spiro atoms. The van der Waals surface area contributed by atoms with Crippen LogP contribution in [0.3, 0.4) is 0 Å². The summed E-state index contributed by atoms with van der Waals surface area (Å²) in [6.45, 7) is 6.63. The third-order valence-electron chi connectivity index (χ3n) is 4.59. The smallest absolute Gasteiger partial charge is 0.0469 e. The van der Waals surface area contributed by atoms with Gasteiger partial charge >= 0.3 is 0 Å². The van der Waals surface area contributed by atoms with Crippen molar-refractivity contribution in [2.24, 2.45) is 5.92 Å². The van der Waals surface area contributed by atoms with E-state index in [1.807, 2.05) is 0 Å². The van der Waals surface area contributed by atoms with E-state index >= 15 is 0 Å². The summed E-state index contributed by atoms with van der Waals surface area (Å²) < 4.78 is 5.45. The minimum atomic E-state index is 0.731. The Morgan fingerprint density at radius 1 is 1.17 bits per heavy atom. The van der Waals surface area contributed by atoms with Crippen LogP contribution in [0.5, 0.6) is 0 Å². The van der Waals surface area contributed by atoms with E-state index in [0.29, 0.717) is 0 Å². The van der Waals surface area contributed by atoms with Crippen LogP contribution in [0.25, 0.3) is 0 Å². The number of likely N-dealkylation sites (N-methyl/N-ethyl adjacent to an activating group) is 1. The Kier molecular flexibility index (Phi) is 5.93. The van der Waals surface area contributed by atoms with Gasteiger partial charge in [0.05, 0.1) is 0 Å². The van der Waals surface area contributed by atoms with Crippen molar-refractivity contribution in [3.05, 3.63) is 0 Å². The molecule has 1 saturated carbocycles. The molecule has 2 aliphatic rings. The molecule has 1 N–H and O–H groups in total. The summed E-state index contributed by atoms with van der Waals surface area (Å²) in [6, 6.07) is 1.49. The lowest BCUT2D eigenvalue weighted by Gasteiger charge is -2.34. The van der Waals surface area contributed by atoms with Crippen molar-refractivity contribution in [1.82, 2.24) is 10.2 Å². The molecule has 0 bridgehead atoms. The normalized spacial score (nSPS) is 30.2. The van der Waals surface area contributed by atoms with Gasteiger partial charge in [-0.1, -0.05) is 13.3 Å². The number of rotatable bonds is 6. The van der Waals surface area contributed by atoms with E-state index in [1.54, 1.807) is 0 Å². The van der Waals surface area contributed by atoms with Gasteiger partial charge in [0.1, 0.15) is 0 Å². The van der Waals surface area contributed by atoms with Gasteiger partial charge in [0.2, 0.25) is 0 Å². The topological polar surface area (TPSA) is 24.5 Å². The molecule has 0 aromatic carbocycles. The molecular formula is C15H30N2O. The SMILES string of the molecule is CCCNC1CCCC1N(C)CC1CCOCC1. The monoisotopic (exact) mass is 254 g/mol. The van der Waals surface area contributed by atoms with Crippen molar-refractivity contribution < 1.29 is 4.74 Å². The fourth-order valence-corrected chi connectivity index (χ4v) is 3.51. The molecule has 106 valence electrons. The van der Waals surface area contributed by atoms with Gasteiger partial charge in [0.25, 0.3) is 0 Å². The molecule has 18 heavy (non-hydrogen) atoms. The Bertz CT molecular complexity index is 229. The van der Waals surface area contributed by atoms with Gasteiger partial charge < -0.3 is 15.0 Å². The van der Waals surface area contributed by atoms with Gasteiger partial charge in [0.15, 0.2) is 0 Å². The average Bonchev–Trinajstić information content (AvgIpc) is 2.86. The highest BCUT2D eigenvalue weighted by Crippen LogP contribution is 2.25. The van der Waals surface area contributed by atoms with Gasteiger partial charge in [-0.25, -0.2) is 0 Å². The van der Waals surface area contributed by atoms with Gasteiger partial charge in [-0.3, -0.25) is 0 Å². The van der Waals surface area contributed by atoms with E-state index in [1.165, 1.54) is 51.6 Å². The second-order valence-corrected chi connectivity index (χ2v) is 6.05. The predicted octanol–water partition coefficient (Wildman–Crippen LogP) is 2.27. The molecule has 1 aliphatic heterocycles. The van der Waals surface area contributed by atoms with Crippen molar-refractivity contribution >= 4 is 0 Å². The summed E-state index contributed by atoms with van der Waals surface area (Å²) in [4.78, 5) is 2.62. The van der Waals surface area contributed by atoms with Crippen LogP contribution in [0.1, 0.15) is 45.4 Å². The second-order valence-electron chi connectivity index (χ2n) is 6.05. The van der Waals surface area contributed by atoms with Crippen LogP contribution >= 0.6 is 0 Å². The number of nitrogens with one attached hydrogen (secondary N) is 1. The molecule has 1 saturated heterocycles. The number of hydrogen-bond donors (Lipinski definition) is 1. The van der Waals surface area contributed by atoms with Gasteiger partial charge in [-0.15, -0.1) is 0 Å². The first-order valence-corrected chi connectivity index (χ1v) is 7.82. The number of nitrogens with zero attached hydrogens (tertiary/aromatic N) is 1. The highest BCUT2D eigenvalue weighted by Gasteiger charge is 2.30. The highest BCUT2D eigenvalue weighted by molar-refractivity contribution is 4.90. The van der Waals surface area contributed by atoms with Crippen LogP contribution in [-0.2, 0) is 4.74 Å². The summed E-state index contributed by atoms with van der Waals surface area (Å²) in [6.07, 6.45) is 7.88. The van der Waals surface area contributed by atoms with Crippen LogP contribution < -0.4 is 5.32 Å². The first-order chi connectivity index (χ1) is 8.81. The third kappa shape index (κ3) is 3.94. The Morgan fingerprint density at radius 3 is 2.67 bits per heavy atom. The van der Waals surface area contributed by atoms with E-state index in [-0.39, 0.29) is 0 Å². The summed E-state index contributed by atoms with van der Waals surface area (Å²) >= 11 is 0. The molecular weight excluding hydrogens is 224 g/mol. The molecule has 3 heteroatoms. The van der Waals surface area contributed by atoms with Gasteiger partial charge in [0, 0.05) is 31.8 Å². The van der Waals surface area contributed by atoms with E-state index in [9.17, 15) is 0 Å². The van der Waals surface area contributed by atoms with Gasteiger partial charge in [-0.05, 0) is 51.6 Å². The van der Waals surface area contributed by atoms with E-state index in [2.05, 4.69) is 24.2 Å². The molecule has 2 rings (SSSR count). The molecule has 3 nitrogen and oxygen atoms in total. The largest absolute Gasteiger partial charge is 0.381 e. The van der Waals surface area contributed by atoms with Crippen LogP contribution in [0.4, 0.5) is 0 Å². The molecule has 1 heterocycles. The van der Waals surface area contributed by atoms with Crippen molar-refractivity contribution in [1.29, 1.82) is 0 Å². The maximum atomic E-state index is 5.45. The predicted molar refractivity (Wildman–Crippen MR) is 75.9 cm³/mol. The van der Waals surface area contributed by atoms with Crippen LogP contribution in [0.2, 0.25) is 0 Å². The third-order valence-corrected chi connectivity index (χ3v) is 4.59. The summed E-state index contributed by atoms with van der Waals surface area (Å²) in [5.41, 5.74) is 0. The summed E-state index contributed by atoms with van der Waals surface area (Å²) in [5.74, 6) is 0.858. The Labute approximate surface area is 112 Å². The molecule has 0 aromatic rings. The molecule has 2 fully saturated rings. The Morgan fingerprint density at radius 2 is 1.94 bits per heavy atom. The first kappa shape index (κ1) is 14.3. The minimum absolute atomic E-state index is 0.731. The lowest BCUT2D eigenvalue weighted by atomic mass is 9.98. The van der Waals surface area contributed by atoms with E-state index in [0.717, 1.165) is 31.2 Å². The summed E-state index contributed by atoms with van der Waals surface area (Å²) in [5, 5.41) is 3.73.